The van der Waals surface area contributed by atoms with Crippen molar-refractivity contribution in [2.24, 2.45) is 0 Å². The second kappa shape index (κ2) is 7.78. The third-order valence-corrected chi connectivity index (χ3v) is 4.06. The fourth-order valence-corrected chi connectivity index (χ4v) is 2.66. The highest BCUT2D eigenvalue weighted by Gasteiger charge is 2.04. The maximum absolute atomic E-state index is 11.0. The number of benzene rings is 2. The zero-order valence-corrected chi connectivity index (χ0v) is 14.8. The summed E-state index contributed by atoms with van der Waals surface area (Å²) in [7, 11) is 0. The molecule has 0 radical (unpaired) electrons. The molecule has 0 saturated carbocycles. The molecule has 0 spiro atoms. The molecule has 21 heavy (non-hydrogen) atoms. The molecule has 0 aromatic heterocycles. The van der Waals surface area contributed by atoms with Crippen LogP contribution in [0.2, 0.25) is 0 Å². The summed E-state index contributed by atoms with van der Waals surface area (Å²) in [6.45, 7) is 0.286. The average molecular weight is 431 g/mol. The average Bonchev–Trinajstić information content (AvgIpc) is 2.48. The van der Waals surface area contributed by atoms with Crippen molar-refractivity contribution >= 4 is 54.8 Å². The van der Waals surface area contributed by atoms with Gasteiger partial charge in [-0.2, -0.15) is 0 Å². The van der Waals surface area contributed by atoms with E-state index in [1.807, 2.05) is 30.3 Å². The van der Waals surface area contributed by atoms with Crippen LogP contribution < -0.4 is 4.74 Å². The Hall–Kier alpha value is -1.10. The first-order valence-corrected chi connectivity index (χ1v) is 8.05. The lowest BCUT2D eigenvalue weighted by atomic mass is 10.2. The Labute approximate surface area is 145 Å². The minimum Gasteiger partial charge on any atom is -0.489 e. The molecule has 2 rings (SSSR count). The normalized spacial score (nSPS) is 11.3. The van der Waals surface area contributed by atoms with Crippen molar-refractivity contribution in [1.82, 2.24) is 0 Å². The number of hydrogen-bond acceptors (Lipinski definition) is 2. The summed E-state index contributed by atoms with van der Waals surface area (Å²) in [5, 5.41) is 0.598. The first kappa shape index (κ1) is 16.3. The Morgan fingerprint density at radius 1 is 1.14 bits per heavy atom. The monoisotopic (exact) mass is 428 g/mol. The van der Waals surface area contributed by atoms with Crippen LogP contribution in [0.1, 0.15) is 15.9 Å². The molecule has 0 aliphatic rings. The van der Waals surface area contributed by atoms with Crippen molar-refractivity contribution in [2.75, 3.05) is 6.61 Å². The molecule has 2 aromatic rings. The van der Waals surface area contributed by atoms with Crippen molar-refractivity contribution in [3.63, 3.8) is 0 Å². The van der Waals surface area contributed by atoms with Gasteiger partial charge in [-0.1, -0.05) is 55.6 Å². The van der Waals surface area contributed by atoms with Crippen molar-refractivity contribution < 1.29 is 9.53 Å². The lowest BCUT2D eigenvalue weighted by Gasteiger charge is -2.07. The molecule has 0 bridgehead atoms. The second-order valence-corrected chi connectivity index (χ2v) is 6.41. The van der Waals surface area contributed by atoms with E-state index in [9.17, 15) is 4.79 Å². The number of halogens is 3. The Bertz CT molecular complexity index is 684. The summed E-state index contributed by atoms with van der Waals surface area (Å²) in [6, 6.07) is 13.0. The highest BCUT2D eigenvalue weighted by atomic mass is 79.9. The van der Waals surface area contributed by atoms with E-state index < -0.39 is 0 Å². The van der Waals surface area contributed by atoms with Crippen LogP contribution in [-0.4, -0.2) is 12.9 Å². The highest BCUT2D eigenvalue weighted by Crippen LogP contribution is 2.24. The summed E-state index contributed by atoms with van der Waals surface area (Å²) in [5.41, 5.74) is 1.40. The van der Waals surface area contributed by atoms with Crippen LogP contribution in [0.25, 0.3) is 5.03 Å². The first-order valence-electron chi connectivity index (χ1n) is 6.09. The molecule has 0 aliphatic carbocycles. The molecule has 0 aliphatic heterocycles. The van der Waals surface area contributed by atoms with Gasteiger partial charge in [0.15, 0.2) is 6.29 Å². The largest absolute Gasteiger partial charge is 0.489 e. The Morgan fingerprint density at radius 2 is 1.90 bits per heavy atom. The number of carbonyl (C=O) groups excluding carboxylic acids is 1. The van der Waals surface area contributed by atoms with Gasteiger partial charge in [0, 0.05) is 14.0 Å². The molecular weight excluding hydrogens is 419 g/mol. The molecule has 5 heteroatoms. The Balaban J connectivity index is 2.07. The quantitative estimate of drug-likeness (QED) is 0.570. The zero-order valence-electron chi connectivity index (χ0n) is 10.9. The molecule has 0 unspecified atom stereocenters. The number of hydrogen-bond donors (Lipinski definition) is 0. The van der Waals surface area contributed by atoms with E-state index in [0.29, 0.717) is 16.3 Å². The van der Waals surface area contributed by atoms with E-state index in [1.54, 1.807) is 18.2 Å². The van der Waals surface area contributed by atoms with E-state index in [4.69, 9.17) is 16.3 Å². The van der Waals surface area contributed by atoms with E-state index in [-0.39, 0.29) is 6.61 Å². The van der Waals surface area contributed by atoms with Gasteiger partial charge < -0.3 is 4.74 Å². The Kier molecular flexibility index (Phi) is 6.03. The van der Waals surface area contributed by atoms with E-state index in [1.165, 1.54) is 0 Å². The molecule has 0 N–H and O–H groups in total. The minimum atomic E-state index is 0.286. The maximum atomic E-state index is 11.0. The summed E-state index contributed by atoms with van der Waals surface area (Å²) in [5.74, 6) is 0.531. The number of carbonyl (C=O) groups is 1. The van der Waals surface area contributed by atoms with Crippen molar-refractivity contribution in [3.8, 4) is 5.75 Å². The van der Waals surface area contributed by atoms with Crippen LogP contribution in [-0.2, 0) is 0 Å². The second-order valence-electron chi connectivity index (χ2n) is 4.17. The smallest absolute Gasteiger partial charge is 0.153 e. The molecule has 2 aromatic carbocycles. The minimum absolute atomic E-state index is 0.286. The first-order chi connectivity index (χ1) is 10.1. The summed E-state index contributed by atoms with van der Waals surface area (Å²) >= 11 is 12.9. The van der Waals surface area contributed by atoms with E-state index in [0.717, 1.165) is 20.8 Å². The van der Waals surface area contributed by atoms with Gasteiger partial charge in [-0.25, -0.2) is 0 Å². The number of aldehydes is 1. The molecule has 0 fully saturated rings. The van der Waals surface area contributed by atoms with Crippen LogP contribution in [0.3, 0.4) is 0 Å². The summed E-state index contributed by atoms with van der Waals surface area (Å²) in [4.78, 5) is 11.0. The molecule has 0 saturated heterocycles. The van der Waals surface area contributed by atoms with Crippen LogP contribution in [0.5, 0.6) is 5.75 Å². The highest BCUT2D eigenvalue weighted by molar-refractivity contribution is 9.10. The lowest BCUT2D eigenvalue weighted by Crippen LogP contribution is -1.97. The molecule has 2 nitrogen and oxygen atoms in total. The molecule has 0 heterocycles. The standard InChI is InChI=1S/C16H11Br2ClO2/c17-13-3-1-2-11(8-13)15(19)6-7-21-16-5-4-14(18)9-12(16)10-20/h1-6,8-10H,7H2/b15-6-. The van der Waals surface area contributed by atoms with Crippen molar-refractivity contribution in [3.05, 3.63) is 68.6 Å². The topological polar surface area (TPSA) is 26.3 Å². The van der Waals surface area contributed by atoms with Gasteiger partial charge in [0.1, 0.15) is 12.4 Å². The van der Waals surface area contributed by atoms with Gasteiger partial charge >= 0.3 is 0 Å². The molecule has 0 atom stereocenters. The predicted octanol–water partition coefficient (Wildman–Crippen LogP) is 5.68. The SMILES string of the molecule is O=Cc1cc(Br)ccc1OC/C=C(\Cl)c1cccc(Br)c1. The molecule has 108 valence electrons. The fraction of sp³-hybridized carbons (Fsp3) is 0.0625. The third-order valence-electron chi connectivity index (χ3n) is 2.70. The summed E-state index contributed by atoms with van der Waals surface area (Å²) in [6.07, 6.45) is 2.53. The van der Waals surface area contributed by atoms with Crippen molar-refractivity contribution in [2.45, 2.75) is 0 Å². The van der Waals surface area contributed by atoms with Gasteiger partial charge in [-0.15, -0.1) is 0 Å². The van der Waals surface area contributed by atoms with E-state index >= 15 is 0 Å². The van der Waals surface area contributed by atoms with E-state index in [2.05, 4.69) is 31.9 Å². The van der Waals surface area contributed by atoms with Gasteiger partial charge in [0.2, 0.25) is 0 Å². The third kappa shape index (κ3) is 4.70. The summed E-state index contributed by atoms with van der Waals surface area (Å²) < 4.78 is 7.38. The predicted molar refractivity (Wildman–Crippen MR) is 93.0 cm³/mol. The van der Waals surface area contributed by atoms with Gasteiger partial charge in [-0.3, -0.25) is 4.79 Å². The lowest BCUT2D eigenvalue weighted by molar-refractivity contribution is 0.112. The molecule has 0 amide bonds. The zero-order chi connectivity index (χ0) is 15.2. The van der Waals surface area contributed by atoms with Gasteiger partial charge in [0.25, 0.3) is 0 Å². The van der Waals surface area contributed by atoms with Crippen LogP contribution >= 0.6 is 43.5 Å². The van der Waals surface area contributed by atoms with Crippen LogP contribution in [0.15, 0.2) is 57.5 Å². The van der Waals surface area contributed by atoms with Crippen LogP contribution in [0, 0.1) is 0 Å². The van der Waals surface area contributed by atoms with Gasteiger partial charge in [-0.05, 0) is 42.0 Å². The van der Waals surface area contributed by atoms with Crippen LogP contribution in [0.4, 0.5) is 0 Å². The Morgan fingerprint density at radius 3 is 2.62 bits per heavy atom. The fourth-order valence-electron chi connectivity index (χ4n) is 1.70. The van der Waals surface area contributed by atoms with Crippen molar-refractivity contribution in [1.29, 1.82) is 0 Å². The number of rotatable bonds is 5. The molecular formula is C16H11Br2ClO2. The maximum Gasteiger partial charge on any atom is 0.153 e. The number of ether oxygens (including phenoxy) is 1. The van der Waals surface area contributed by atoms with Gasteiger partial charge in [0.05, 0.1) is 5.56 Å².